The van der Waals surface area contributed by atoms with Gasteiger partial charge in [0.1, 0.15) is 17.4 Å². The van der Waals surface area contributed by atoms with E-state index in [2.05, 4.69) is 0 Å². The van der Waals surface area contributed by atoms with Crippen LogP contribution in [-0.4, -0.2) is 34.3 Å². The number of rotatable bonds is 6. The quantitative estimate of drug-likeness (QED) is 0.670. The summed E-state index contributed by atoms with van der Waals surface area (Å²) in [5, 5.41) is 20.9. The smallest absolute Gasteiger partial charge is 0.271 e. The molecule has 158 valence electrons. The molecule has 0 saturated carbocycles. The molecule has 0 spiro atoms. The zero-order chi connectivity index (χ0) is 22.0. The van der Waals surface area contributed by atoms with E-state index < -0.39 is 23.3 Å². The third-order valence-corrected chi connectivity index (χ3v) is 5.55. The van der Waals surface area contributed by atoms with E-state index in [4.69, 9.17) is 32.7 Å². The molecule has 2 atom stereocenters. The third-order valence-electron chi connectivity index (χ3n) is 5.02. The van der Waals surface area contributed by atoms with Crippen molar-refractivity contribution in [1.82, 2.24) is 4.57 Å². The van der Waals surface area contributed by atoms with E-state index in [1.54, 1.807) is 6.07 Å². The first-order valence-electron chi connectivity index (χ1n) is 9.38. The van der Waals surface area contributed by atoms with Crippen molar-refractivity contribution in [2.45, 2.75) is 45.4 Å². The van der Waals surface area contributed by atoms with Crippen LogP contribution < -0.4 is 10.3 Å². The third kappa shape index (κ3) is 4.31. The van der Waals surface area contributed by atoms with Gasteiger partial charge in [-0.25, -0.2) is 0 Å². The Morgan fingerprint density at radius 2 is 2.20 bits per heavy atom. The fraction of sp³-hybridized carbons (Fsp3) is 0.381. The zero-order valence-electron chi connectivity index (χ0n) is 16.4. The van der Waals surface area contributed by atoms with Gasteiger partial charge in [0.2, 0.25) is 11.7 Å². The molecule has 1 aliphatic heterocycles. The maximum Gasteiger partial charge on any atom is 0.271 e. The molecular formula is C21H20Cl2N2O5. The van der Waals surface area contributed by atoms with Crippen LogP contribution in [0.1, 0.15) is 41.3 Å². The minimum atomic E-state index is -1.05. The standard InChI is InChI=1S/C21H20Cl2N2O5/c1-11-15(9-24)20(27)25(10-14-4-3-7-29-14)21(28)18(11)19(26)12(2)30-17-6-5-13(22)8-16(17)23/h5-6,8,12,14,28H,3-4,7,10H2,1-2H3. The highest BCUT2D eigenvalue weighted by atomic mass is 35.5. The lowest BCUT2D eigenvalue weighted by Crippen LogP contribution is -2.33. The van der Waals surface area contributed by atoms with Crippen molar-refractivity contribution in [3.05, 3.63) is 55.3 Å². The number of hydrogen-bond donors (Lipinski definition) is 1. The van der Waals surface area contributed by atoms with Crippen molar-refractivity contribution in [2.75, 3.05) is 6.61 Å². The van der Waals surface area contributed by atoms with Crippen LogP contribution in [0.2, 0.25) is 10.0 Å². The first-order chi connectivity index (χ1) is 14.2. The number of aromatic hydroxyl groups is 1. The molecule has 3 rings (SSSR count). The van der Waals surface area contributed by atoms with Crippen molar-refractivity contribution in [3.8, 4) is 17.7 Å². The van der Waals surface area contributed by atoms with E-state index in [1.165, 1.54) is 26.0 Å². The molecule has 0 radical (unpaired) electrons. The Morgan fingerprint density at radius 1 is 1.47 bits per heavy atom. The van der Waals surface area contributed by atoms with Crippen LogP contribution in [0, 0.1) is 18.3 Å². The summed E-state index contributed by atoms with van der Waals surface area (Å²) in [7, 11) is 0. The monoisotopic (exact) mass is 450 g/mol. The number of nitriles is 1. The van der Waals surface area contributed by atoms with Crippen molar-refractivity contribution >= 4 is 29.0 Å². The summed E-state index contributed by atoms with van der Waals surface area (Å²) >= 11 is 12.0. The Hall–Kier alpha value is -2.53. The second-order valence-electron chi connectivity index (χ2n) is 7.06. The van der Waals surface area contributed by atoms with E-state index in [-0.39, 0.29) is 40.1 Å². The number of Topliss-reactive ketones (excluding diaryl/α,β-unsaturated/α-hetero) is 1. The lowest BCUT2D eigenvalue weighted by atomic mass is 9.99. The first kappa shape index (κ1) is 22.2. The van der Waals surface area contributed by atoms with Gasteiger partial charge in [-0.15, -0.1) is 0 Å². The molecule has 1 aromatic heterocycles. The lowest BCUT2D eigenvalue weighted by Gasteiger charge is -2.20. The Balaban J connectivity index is 1.99. The van der Waals surface area contributed by atoms with Crippen LogP contribution in [0.5, 0.6) is 11.6 Å². The predicted octanol–water partition coefficient (Wildman–Crippen LogP) is 3.87. The predicted molar refractivity (Wildman–Crippen MR) is 112 cm³/mol. The number of carbonyl (C=O) groups is 1. The molecule has 0 aliphatic carbocycles. The molecule has 1 aliphatic rings. The van der Waals surface area contributed by atoms with Crippen LogP contribution in [0.4, 0.5) is 0 Å². The molecule has 2 aromatic rings. The van der Waals surface area contributed by atoms with Gasteiger partial charge in [-0.05, 0) is 50.5 Å². The normalized spacial score (nSPS) is 16.8. The van der Waals surface area contributed by atoms with Gasteiger partial charge in [0, 0.05) is 11.6 Å². The van der Waals surface area contributed by atoms with Gasteiger partial charge in [-0.2, -0.15) is 5.26 Å². The number of pyridine rings is 1. The summed E-state index contributed by atoms with van der Waals surface area (Å²) in [5.74, 6) is -0.851. The van der Waals surface area contributed by atoms with E-state index in [1.807, 2.05) is 6.07 Å². The fourth-order valence-electron chi connectivity index (χ4n) is 3.43. The van der Waals surface area contributed by atoms with Crippen molar-refractivity contribution < 1.29 is 19.4 Å². The molecular weight excluding hydrogens is 431 g/mol. The van der Waals surface area contributed by atoms with Gasteiger partial charge < -0.3 is 14.6 Å². The fourth-order valence-corrected chi connectivity index (χ4v) is 3.88. The SMILES string of the molecule is Cc1c(C(=O)C(C)Oc2ccc(Cl)cc2Cl)c(O)n(CC2CCCO2)c(=O)c1C#N. The second-order valence-corrected chi connectivity index (χ2v) is 7.90. The lowest BCUT2D eigenvalue weighted by molar-refractivity contribution is 0.0805. The van der Waals surface area contributed by atoms with E-state index in [9.17, 15) is 20.0 Å². The van der Waals surface area contributed by atoms with Gasteiger partial charge >= 0.3 is 0 Å². The highest BCUT2D eigenvalue weighted by molar-refractivity contribution is 6.35. The molecule has 1 aromatic carbocycles. The number of benzene rings is 1. The van der Waals surface area contributed by atoms with Crippen LogP contribution in [0.25, 0.3) is 0 Å². The zero-order valence-corrected chi connectivity index (χ0v) is 18.0. The number of ether oxygens (including phenoxy) is 2. The Morgan fingerprint density at radius 3 is 2.80 bits per heavy atom. The van der Waals surface area contributed by atoms with Crippen molar-refractivity contribution in [1.29, 1.82) is 5.26 Å². The minimum absolute atomic E-state index is 0.0537. The minimum Gasteiger partial charge on any atom is -0.494 e. The average Bonchev–Trinajstić information content (AvgIpc) is 3.21. The van der Waals surface area contributed by atoms with Gasteiger partial charge in [0.25, 0.3) is 5.56 Å². The van der Waals surface area contributed by atoms with Gasteiger partial charge in [-0.1, -0.05) is 23.2 Å². The molecule has 2 heterocycles. The number of hydrogen-bond acceptors (Lipinski definition) is 6. The van der Waals surface area contributed by atoms with Crippen LogP contribution in [0.3, 0.4) is 0 Å². The highest BCUT2D eigenvalue weighted by Gasteiger charge is 2.30. The van der Waals surface area contributed by atoms with E-state index >= 15 is 0 Å². The molecule has 2 unspecified atom stereocenters. The Labute approximate surface area is 183 Å². The van der Waals surface area contributed by atoms with Gasteiger partial charge in [0.15, 0.2) is 6.10 Å². The Bertz CT molecular complexity index is 1080. The van der Waals surface area contributed by atoms with Crippen molar-refractivity contribution in [3.63, 3.8) is 0 Å². The molecule has 1 N–H and O–H groups in total. The maximum absolute atomic E-state index is 13.1. The number of ketones is 1. The number of nitrogens with zero attached hydrogens (tertiary/aromatic N) is 2. The first-order valence-corrected chi connectivity index (χ1v) is 10.1. The number of aromatic nitrogens is 1. The molecule has 7 nitrogen and oxygen atoms in total. The number of carbonyl (C=O) groups excluding carboxylic acids is 1. The summed E-state index contributed by atoms with van der Waals surface area (Å²) in [5.41, 5.74) is -0.896. The maximum atomic E-state index is 13.1. The summed E-state index contributed by atoms with van der Waals surface area (Å²) in [6.07, 6.45) is 0.246. The van der Waals surface area contributed by atoms with Crippen LogP contribution in [-0.2, 0) is 11.3 Å². The van der Waals surface area contributed by atoms with E-state index in [0.29, 0.717) is 11.6 Å². The van der Waals surface area contributed by atoms with E-state index in [0.717, 1.165) is 17.4 Å². The molecule has 0 amide bonds. The molecule has 0 bridgehead atoms. The summed E-state index contributed by atoms with van der Waals surface area (Å²) in [6, 6.07) is 6.42. The van der Waals surface area contributed by atoms with Gasteiger partial charge in [-0.3, -0.25) is 14.2 Å². The van der Waals surface area contributed by atoms with Gasteiger partial charge in [0.05, 0.1) is 23.2 Å². The topological polar surface area (TPSA) is 102 Å². The molecule has 1 saturated heterocycles. The average molecular weight is 451 g/mol. The molecule has 30 heavy (non-hydrogen) atoms. The molecule has 9 heteroatoms. The summed E-state index contributed by atoms with van der Waals surface area (Å²) in [4.78, 5) is 25.8. The number of halogens is 2. The van der Waals surface area contributed by atoms with Crippen LogP contribution >= 0.6 is 23.2 Å². The van der Waals surface area contributed by atoms with Crippen molar-refractivity contribution in [2.24, 2.45) is 0 Å². The largest absolute Gasteiger partial charge is 0.494 e. The summed E-state index contributed by atoms with van der Waals surface area (Å²) < 4.78 is 12.2. The second kappa shape index (κ2) is 9.09. The Kier molecular flexibility index (Phi) is 6.71. The summed E-state index contributed by atoms with van der Waals surface area (Å²) in [6.45, 7) is 3.56. The van der Waals surface area contributed by atoms with Crippen LogP contribution in [0.15, 0.2) is 23.0 Å². The molecule has 1 fully saturated rings. The highest BCUT2D eigenvalue weighted by Crippen LogP contribution is 2.30.